The van der Waals surface area contributed by atoms with Gasteiger partial charge in [0.05, 0.1) is 21.1 Å². The minimum Gasteiger partial charge on any atom is -0.477 e. The van der Waals surface area contributed by atoms with Crippen LogP contribution in [-0.2, 0) is 13.0 Å². The number of aromatic carboxylic acids is 1. The molecule has 1 atom stereocenters. The first-order valence-electron chi connectivity index (χ1n) is 10.3. The van der Waals surface area contributed by atoms with E-state index in [1.807, 2.05) is 67.6 Å². The van der Waals surface area contributed by atoms with Crippen LogP contribution in [0.5, 0.6) is 0 Å². The fourth-order valence-electron chi connectivity index (χ4n) is 3.46. The number of benzene rings is 2. The normalized spacial score (nSPS) is 11.8. The zero-order valence-corrected chi connectivity index (χ0v) is 19.6. The average Bonchev–Trinajstić information content (AvgIpc) is 3.45. The molecule has 4 rings (SSSR count). The monoisotopic (exact) mass is 476 g/mol. The number of aryl methyl sites for hydroxylation is 1. The van der Waals surface area contributed by atoms with Crippen molar-refractivity contribution in [1.29, 1.82) is 0 Å². The second kappa shape index (κ2) is 10.1. The van der Waals surface area contributed by atoms with Crippen LogP contribution in [0.3, 0.4) is 0 Å². The number of amides is 1. The third-order valence-corrected chi connectivity index (χ3v) is 7.07. The van der Waals surface area contributed by atoms with E-state index in [0.29, 0.717) is 23.7 Å². The van der Waals surface area contributed by atoms with Crippen LogP contribution in [0.1, 0.15) is 35.7 Å². The summed E-state index contributed by atoms with van der Waals surface area (Å²) in [6.07, 6.45) is 1.69. The zero-order valence-electron chi connectivity index (χ0n) is 18.0. The van der Waals surface area contributed by atoms with Crippen molar-refractivity contribution in [3.05, 3.63) is 99.9 Å². The third kappa shape index (κ3) is 5.35. The molecule has 0 aliphatic carbocycles. The highest BCUT2D eigenvalue weighted by molar-refractivity contribution is 7.15. The summed E-state index contributed by atoms with van der Waals surface area (Å²) in [7, 11) is 0. The fraction of sp³-hybridized carbons (Fsp3) is 0.160. The Labute approximate surface area is 200 Å². The largest absolute Gasteiger partial charge is 0.477 e. The van der Waals surface area contributed by atoms with Crippen LogP contribution < -0.4 is 0 Å². The third-order valence-electron chi connectivity index (χ3n) is 5.04. The van der Waals surface area contributed by atoms with Gasteiger partial charge < -0.3 is 10.0 Å². The summed E-state index contributed by atoms with van der Waals surface area (Å²) in [5.41, 5.74) is 2.31. The Morgan fingerprint density at radius 3 is 2.36 bits per heavy atom. The maximum Gasteiger partial charge on any atom is 0.347 e. The van der Waals surface area contributed by atoms with E-state index < -0.39 is 12.0 Å². The lowest BCUT2D eigenvalue weighted by Crippen LogP contribution is -2.40. The molecule has 167 valence electrons. The number of hydrogen-bond acceptors (Lipinski definition) is 6. The van der Waals surface area contributed by atoms with E-state index >= 15 is 0 Å². The van der Waals surface area contributed by atoms with Gasteiger partial charge in [-0.1, -0.05) is 60.7 Å². The molecular formula is C25H22N3O3S2. The molecule has 2 aromatic carbocycles. The molecule has 2 aromatic heterocycles. The molecule has 33 heavy (non-hydrogen) atoms. The van der Waals surface area contributed by atoms with Crippen LogP contribution in [0, 0.1) is 13.8 Å². The molecule has 0 fully saturated rings. The van der Waals surface area contributed by atoms with E-state index in [0.717, 1.165) is 32.3 Å². The number of carboxylic acid groups (broad SMARTS) is 1. The van der Waals surface area contributed by atoms with Crippen molar-refractivity contribution in [2.24, 2.45) is 0 Å². The number of rotatable bonds is 8. The molecule has 1 N–H and O–H groups in total. The van der Waals surface area contributed by atoms with Gasteiger partial charge in [0.15, 0.2) is 0 Å². The standard InChI is InChI=1S/C25H22N3O3S2/c1-16(13-21-26-14-20(33-21)25(30)31)28(15-18-9-5-3-6-10-18)24(29)22-23(32-17(2)27-22)19-11-7-4-8-12-19/h3-12,14,16H,1,13,15H2,2H3,(H,30,31). The maximum atomic E-state index is 13.8. The van der Waals surface area contributed by atoms with E-state index in [2.05, 4.69) is 16.9 Å². The second-order valence-electron chi connectivity index (χ2n) is 7.48. The molecule has 1 amide bonds. The van der Waals surface area contributed by atoms with Crippen LogP contribution in [0.15, 0.2) is 66.9 Å². The molecular weight excluding hydrogens is 454 g/mol. The van der Waals surface area contributed by atoms with Crippen molar-refractivity contribution in [2.45, 2.75) is 25.9 Å². The first-order valence-corrected chi connectivity index (χ1v) is 11.9. The predicted molar refractivity (Wildman–Crippen MR) is 131 cm³/mol. The van der Waals surface area contributed by atoms with Crippen molar-refractivity contribution in [1.82, 2.24) is 14.9 Å². The van der Waals surface area contributed by atoms with Gasteiger partial charge in [-0.25, -0.2) is 14.8 Å². The highest BCUT2D eigenvalue weighted by Gasteiger charge is 2.28. The molecule has 2 heterocycles. The summed E-state index contributed by atoms with van der Waals surface area (Å²) >= 11 is 2.59. The van der Waals surface area contributed by atoms with E-state index in [9.17, 15) is 14.7 Å². The first-order chi connectivity index (χ1) is 15.9. The van der Waals surface area contributed by atoms with Gasteiger partial charge in [-0.05, 0) is 25.0 Å². The number of aromatic nitrogens is 2. The van der Waals surface area contributed by atoms with Crippen LogP contribution in [0.4, 0.5) is 0 Å². The number of hydrogen-bond donors (Lipinski definition) is 1. The number of carbonyl (C=O) groups is 2. The molecule has 8 heteroatoms. The SMILES string of the molecule is [CH2]C(Cc1ncc(C(=O)O)s1)N(Cc1ccccc1)C(=O)c1nc(C)sc1-c1ccccc1. The summed E-state index contributed by atoms with van der Waals surface area (Å²) in [5.74, 6) is -1.22. The van der Waals surface area contributed by atoms with Crippen molar-refractivity contribution in [3.63, 3.8) is 0 Å². The summed E-state index contributed by atoms with van der Waals surface area (Å²) in [6.45, 7) is 6.49. The van der Waals surface area contributed by atoms with Crippen molar-refractivity contribution >= 4 is 34.6 Å². The van der Waals surface area contributed by atoms with Gasteiger partial charge >= 0.3 is 5.97 Å². The van der Waals surface area contributed by atoms with Gasteiger partial charge in [-0.2, -0.15) is 0 Å². The Balaban J connectivity index is 1.67. The highest BCUT2D eigenvalue weighted by Crippen LogP contribution is 2.32. The molecule has 1 unspecified atom stereocenters. The summed E-state index contributed by atoms with van der Waals surface area (Å²) < 4.78 is 0. The topological polar surface area (TPSA) is 83.4 Å². The molecule has 4 aromatic rings. The van der Waals surface area contributed by atoms with Gasteiger partial charge in [0.1, 0.15) is 10.6 Å². The summed E-state index contributed by atoms with van der Waals surface area (Å²) in [6, 6.07) is 19.0. The lowest BCUT2D eigenvalue weighted by Gasteiger charge is -2.29. The Morgan fingerprint density at radius 1 is 1.06 bits per heavy atom. The lowest BCUT2D eigenvalue weighted by molar-refractivity contribution is 0.0685. The number of carboxylic acids is 1. The van der Waals surface area contributed by atoms with Gasteiger partial charge in [0.2, 0.25) is 0 Å². The van der Waals surface area contributed by atoms with Crippen molar-refractivity contribution in [2.75, 3.05) is 0 Å². The van der Waals surface area contributed by atoms with E-state index in [-0.39, 0.29) is 10.8 Å². The highest BCUT2D eigenvalue weighted by atomic mass is 32.1. The van der Waals surface area contributed by atoms with Gasteiger partial charge in [-0.15, -0.1) is 22.7 Å². The fourth-order valence-corrected chi connectivity index (χ4v) is 5.20. The smallest absolute Gasteiger partial charge is 0.347 e. The Morgan fingerprint density at radius 2 is 1.73 bits per heavy atom. The lowest BCUT2D eigenvalue weighted by atomic mass is 10.1. The van der Waals surface area contributed by atoms with Crippen LogP contribution >= 0.6 is 22.7 Å². The van der Waals surface area contributed by atoms with Crippen LogP contribution in [0.2, 0.25) is 0 Å². The zero-order chi connectivity index (χ0) is 23.4. The van der Waals surface area contributed by atoms with Crippen molar-refractivity contribution in [3.8, 4) is 10.4 Å². The van der Waals surface area contributed by atoms with Crippen molar-refractivity contribution < 1.29 is 14.7 Å². The molecule has 1 radical (unpaired) electrons. The minimum atomic E-state index is -1.01. The van der Waals surface area contributed by atoms with Crippen LogP contribution in [-0.4, -0.2) is 37.9 Å². The van der Waals surface area contributed by atoms with Gasteiger partial charge in [0, 0.05) is 19.0 Å². The molecule has 0 aliphatic rings. The van der Waals surface area contributed by atoms with Gasteiger partial charge in [0.25, 0.3) is 5.91 Å². The van der Waals surface area contributed by atoms with E-state index in [4.69, 9.17) is 0 Å². The average molecular weight is 477 g/mol. The number of nitrogens with zero attached hydrogens (tertiary/aromatic N) is 3. The second-order valence-corrected chi connectivity index (χ2v) is 9.80. The van der Waals surface area contributed by atoms with E-state index in [1.54, 1.807) is 4.90 Å². The molecule has 6 nitrogen and oxygen atoms in total. The quantitative estimate of drug-likeness (QED) is 0.370. The molecule has 0 saturated heterocycles. The summed E-state index contributed by atoms with van der Waals surface area (Å²) in [4.78, 5) is 36.5. The molecule has 0 saturated carbocycles. The molecule has 0 spiro atoms. The van der Waals surface area contributed by atoms with Crippen LogP contribution in [0.25, 0.3) is 10.4 Å². The van der Waals surface area contributed by atoms with E-state index in [1.165, 1.54) is 17.5 Å². The predicted octanol–water partition coefficient (Wildman–Crippen LogP) is 5.36. The van der Waals surface area contributed by atoms with Gasteiger partial charge in [-0.3, -0.25) is 4.79 Å². The Bertz CT molecular complexity index is 1250. The number of carbonyl (C=O) groups excluding carboxylic acids is 1. The molecule has 0 aliphatic heterocycles. The first kappa shape index (κ1) is 22.8. The molecule has 0 bridgehead atoms. The minimum absolute atomic E-state index is 0.166. The maximum absolute atomic E-state index is 13.8. The number of thiazole rings is 2. The Kier molecular flexibility index (Phi) is 6.96. The summed E-state index contributed by atoms with van der Waals surface area (Å²) in [5, 5.41) is 10.6. The Hall–Kier alpha value is -3.36.